The number of ether oxygens (including phenoxy) is 4. The van der Waals surface area contributed by atoms with Gasteiger partial charge in [0.25, 0.3) is 0 Å². The second kappa shape index (κ2) is 50.9. The van der Waals surface area contributed by atoms with Crippen molar-refractivity contribution in [3.05, 3.63) is 24.3 Å². The zero-order chi connectivity index (χ0) is 57.4. The highest BCUT2D eigenvalue weighted by molar-refractivity contribution is 5.76. The molecule has 2 heterocycles. The molecule has 0 spiro atoms. The van der Waals surface area contributed by atoms with Crippen LogP contribution in [0.5, 0.6) is 0 Å². The summed E-state index contributed by atoms with van der Waals surface area (Å²) in [6.07, 6.45) is 45.2. The van der Waals surface area contributed by atoms with Crippen molar-refractivity contribution in [1.82, 2.24) is 5.32 Å². The van der Waals surface area contributed by atoms with Gasteiger partial charge in [0.1, 0.15) is 48.8 Å². The normalized spacial score (nSPS) is 24.5. The van der Waals surface area contributed by atoms with Crippen LogP contribution in [0.3, 0.4) is 0 Å². The van der Waals surface area contributed by atoms with Gasteiger partial charge in [0.2, 0.25) is 5.91 Å². The summed E-state index contributed by atoms with van der Waals surface area (Å²) in [6, 6.07) is -0.918. The summed E-state index contributed by atoms with van der Waals surface area (Å²) >= 11 is 0. The molecule has 0 aromatic carbocycles. The van der Waals surface area contributed by atoms with Gasteiger partial charge in [0.05, 0.1) is 32.0 Å². The lowest BCUT2D eigenvalue weighted by molar-refractivity contribution is -0.359. The van der Waals surface area contributed by atoms with E-state index in [9.17, 15) is 45.6 Å². The van der Waals surface area contributed by atoms with Crippen LogP contribution in [0.1, 0.15) is 290 Å². The van der Waals surface area contributed by atoms with E-state index in [1.54, 1.807) is 6.08 Å². The Bertz CT molecular complexity index is 1420. The molecule has 0 aromatic rings. The number of hydrogen-bond acceptors (Lipinski definition) is 13. The number of unbranched alkanes of at least 4 members (excludes halogenated alkanes) is 39. The van der Waals surface area contributed by atoms with Crippen molar-refractivity contribution in [2.75, 3.05) is 19.8 Å². The molecule has 12 unspecified atom stereocenters. The van der Waals surface area contributed by atoms with Crippen molar-refractivity contribution in [3.8, 4) is 0 Å². The van der Waals surface area contributed by atoms with E-state index in [2.05, 4.69) is 31.3 Å². The van der Waals surface area contributed by atoms with Crippen molar-refractivity contribution in [2.24, 2.45) is 0 Å². The Morgan fingerprint density at radius 1 is 0.443 bits per heavy atom. The van der Waals surface area contributed by atoms with Gasteiger partial charge in [0, 0.05) is 6.42 Å². The minimum absolute atomic E-state index is 0.244. The number of carbonyl (C=O) groups excluding carboxylic acids is 1. The van der Waals surface area contributed by atoms with E-state index in [1.165, 1.54) is 205 Å². The predicted molar refractivity (Wildman–Crippen MR) is 318 cm³/mol. The van der Waals surface area contributed by atoms with Crippen LogP contribution in [-0.2, 0) is 23.7 Å². The van der Waals surface area contributed by atoms with Crippen LogP contribution in [-0.4, -0.2) is 140 Å². The molecule has 14 heteroatoms. The monoisotopic (exact) mass is 1130 g/mol. The molecule has 0 aromatic heterocycles. The third kappa shape index (κ3) is 36.0. The second-order valence-electron chi connectivity index (χ2n) is 23.6. The molecule has 2 aliphatic rings. The molecule has 12 atom stereocenters. The Morgan fingerprint density at radius 2 is 0.797 bits per heavy atom. The summed E-state index contributed by atoms with van der Waals surface area (Å²) in [4.78, 5) is 13.3. The summed E-state index contributed by atoms with van der Waals surface area (Å²) in [6.45, 7) is 2.82. The van der Waals surface area contributed by atoms with E-state index < -0.39 is 86.8 Å². The van der Waals surface area contributed by atoms with Crippen molar-refractivity contribution >= 4 is 5.91 Å². The lowest BCUT2D eigenvalue weighted by atomic mass is 9.97. The Kier molecular flexibility index (Phi) is 47.4. The minimum atomic E-state index is -1.79. The topological polar surface area (TPSA) is 228 Å². The third-order valence-corrected chi connectivity index (χ3v) is 16.4. The molecule has 14 nitrogen and oxygen atoms in total. The van der Waals surface area contributed by atoms with Crippen LogP contribution in [0.4, 0.5) is 0 Å². The predicted octanol–water partition coefficient (Wildman–Crippen LogP) is 12.4. The van der Waals surface area contributed by atoms with E-state index in [4.69, 9.17) is 18.9 Å². The van der Waals surface area contributed by atoms with Gasteiger partial charge in [-0.3, -0.25) is 4.79 Å². The van der Waals surface area contributed by atoms with E-state index in [0.717, 1.165) is 57.8 Å². The van der Waals surface area contributed by atoms with Gasteiger partial charge in [-0.05, 0) is 44.9 Å². The molecule has 0 radical (unpaired) electrons. The first-order chi connectivity index (χ1) is 38.6. The first kappa shape index (κ1) is 73.6. The van der Waals surface area contributed by atoms with Crippen LogP contribution in [0, 0.1) is 0 Å². The van der Waals surface area contributed by atoms with Crippen LogP contribution in [0.25, 0.3) is 0 Å². The standard InChI is InChI=1S/C65H123NO13/c1-3-5-7-9-11-13-15-17-19-21-22-23-24-25-26-27-28-29-30-31-32-33-34-36-38-40-42-44-46-48-54(69)53(66-57(70)49-47-45-43-41-39-37-35-20-18-16-14-12-10-8-6-4-2)52-76-64-62(75)60(73)63(56(51-68)78-64)79-65-61(74)59(72)58(71)55(50-67)77-65/h20,35,46,48,53-56,58-65,67-69,71-75H,3-19,21-34,36-45,47,49-52H2,1-2H3,(H,66,70)/b35-20-,48-46+. The lowest BCUT2D eigenvalue weighted by Gasteiger charge is -2.46. The summed E-state index contributed by atoms with van der Waals surface area (Å²) in [5, 5.41) is 87.2. The van der Waals surface area contributed by atoms with Crippen LogP contribution in [0.15, 0.2) is 24.3 Å². The Labute approximate surface area is 481 Å². The fourth-order valence-electron chi connectivity index (χ4n) is 11.1. The molecule has 0 bridgehead atoms. The van der Waals surface area contributed by atoms with Gasteiger partial charge in [-0.15, -0.1) is 0 Å². The van der Waals surface area contributed by atoms with Crippen molar-refractivity contribution in [1.29, 1.82) is 0 Å². The molecular weight excluding hydrogens is 1000 g/mol. The maximum Gasteiger partial charge on any atom is 0.220 e. The summed E-state index contributed by atoms with van der Waals surface area (Å²) < 4.78 is 22.8. The smallest absolute Gasteiger partial charge is 0.220 e. The molecule has 2 aliphatic heterocycles. The highest BCUT2D eigenvalue weighted by Gasteiger charge is 2.51. The molecule has 0 saturated carbocycles. The molecule has 0 aliphatic carbocycles. The molecule has 9 N–H and O–H groups in total. The molecule has 1 amide bonds. The van der Waals surface area contributed by atoms with Crippen LogP contribution >= 0.6 is 0 Å². The number of hydrogen-bond donors (Lipinski definition) is 9. The number of nitrogens with one attached hydrogen (secondary N) is 1. The minimum Gasteiger partial charge on any atom is -0.394 e. The number of aliphatic hydroxyl groups is 8. The van der Waals surface area contributed by atoms with E-state index >= 15 is 0 Å². The van der Waals surface area contributed by atoms with Gasteiger partial charge in [-0.1, -0.05) is 263 Å². The number of allylic oxidation sites excluding steroid dienone is 3. The fraction of sp³-hybridized carbons (Fsp3) is 0.923. The molecule has 79 heavy (non-hydrogen) atoms. The van der Waals surface area contributed by atoms with Crippen LogP contribution in [0.2, 0.25) is 0 Å². The SMILES string of the molecule is CCCCCCCCC/C=C\CCCCCCCC(=O)NC(COC1OC(CO)C(OC2OC(CO)C(O)C(O)C2O)C(O)C1O)C(O)/C=C/CCCCCCCCCCCCCCCCCCCCCCCCCCCCC. The maximum absolute atomic E-state index is 13.3. The Balaban J connectivity index is 1.69. The highest BCUT2D eigenvalue weighted by Crippen LogP contribution is 2.30. The fourth-order valence-corrected chi connectivity index (χ4v) is 11.1. The van der Waals surface area contributed by atoms with E-state index in [0.29, 0.717) is 6.42 Å². The van der Waals surface area contributed by atoms with Gasteiger partial charge >= 0.3 is 0 Å². The summed E-state index contributed by atoms with van der Waals surface area (Å²) in [5.74, 6) is -0.244. The molecule has 2 saturated heterocycles. The summed E-state index contributed by atoms with van der Waals surface area (Å²) in [7, 11) is 0. The van der Waals surface area contributed by atoms with Gasteiger partial charge in [-0.25, -0.2) is 0 Å². The number of carbonyl (C=O) groups is 1. The van der Waals surface area contributed by atoms with E-state index in [-0.39, 0.29) is 18.9 Å². The van der Waals surface area contributed by atoms with Crippen molar-refractivity contribution in [3.63, 3.8) is 0 Å². The number of rotatable bonds is 54. The molecule has 466 valence electrons. The van der Waals surface area contributed by atoms with Gasteiger partial charge in [-0.2, -0.15) is 0 Å². The van der Waals surface area contributed by atoms with Crippen molar-refractivity contribution in [2.45, 2.75) is 364 Å². The van der Waals surface area contributed by atoms with E-state index in [1.807, 2.05) is 6.08 Å². The first-order valence-electron chi connectivity index (χ1n) is 33.1. The average molecular weight is 1130 g/mol. The maximum atomic E-state index is 13.3. The zero-order valence-corrected chi connectivity index (χ0v) is 50.4. The molecule has 2 fully saturated rings. The average Bonchev–Trinajstić information content (AvgIpc) is 3.48. The first-order valence-corrected chi connectivity index (χ1v) is 33.1. The Morgan fingerprint density at radius 3 is 1.20 bits per heavy atom. The quantitative estimate of drug-likeness (QED) is 0.0204. The molecular formula is C65H123NO13. The summed E-state index contributed by atoms with van der Waals surface area (Å²) in [5.41, 5.74) is 0. The van der Waals surface area contributed by atoms with Gasteiger partial charge < -0.3 is 65.1 Å². The Hall–Kier alpha value is -1.53. The van der Waals surface area contributed by atoms with Crippen LogP contribution < -0.4 is 5.32 Å². The number of aliphatic hydroxyl groups excluding tert-OH is 8. The zero-order valence-electron chi connectivity index (χ0n) is 50.4. The van der Waals surface area contributed by atoms with Gasteiger partial charge in [0.15, 0.2) is 12.6 Å². The highest BCUT2D eigenvalue weighted by atomic mass is 16.7. The van der Waals surface area contributed by atoms with Crippen molar-refractivity contribution < 1.29 is 64.6 Å². The molecule has 2 rings (SSSR count). The number of amides is 1. The lowest BCUT2D eigenvalue weighted by Crippen LogP contribution is -2.65. The second-order valence-corrected chi connectivity index (χ2v) is 23.6. The largest absolute Gasteiger partial charge is 0.394 e. The third-order valence-electron chi connectivity index (χ3n) is 16.4.